The summed E-state index contributed by atoms with van der Waals surface area (Å²) in [5, 5.41) is 3.38. The molecule has 1 N–H and O–H groups in total. The number of rotatable bonds is 3. The summed E-state index contributed by atoms with van der Waals surface area (Å²) in [5.74, 6) is 0.911. The van der Waals surface area contributed by atoms with Crippen molar-refractivity contribution >= 4 is 17.3 Å². The smallest absolute Gasteiger partial charge is 0.203 e. The first-order valence-corrected chi connectivity index (χ1v) is 5.78. The Morgan fingerprint density at radius 3 is 2.80 bits per heavy atom. The van der Waals surface area contributed by atoms with Crippen molar-refractivity contribution in [3.63, 3.8) is 0 Å². The number of aromatic nitrogens is 2. The van der Waals surface area contributed by atoms with Crippen LogP contribution in [0.15, 0.2) is 24.5 Å². The van der Waals surface area contributed by atoms with Gasteiger partial charge in [-0.1, -0.05) is 0 Å². The second kappa shape index (κ2) is 4.06. The number of nitrogens with zero attached hydrogens (tertiary/aromatic N) is 2. The number of aryl methyl sites for hydroxylation is 2. The maximum atomic E-state index is 4.24. The Bertz CT molecular complexity index is 444. The van der Waals surface area contributed by atoms with Crippen molar-refractivity contribution < 1.29 is 0 Å². The fraction of sp³-hybridized carbons (Fsp3) is 0.364. The van der Waals surface area contributed by atoms with Crippen LogP contribution in [-0.4, -0.2) is 9.55 Å². The van der Waals surface area contributed by atoms with Gasteiger partial charge < -0.3 is 9.88 Å². The number of nitrogens with one attached hydrogen (secondary N) is 1. The molecule has 0 saturated carbocycles. The minimum atomic E-state index is 0.310. The van der Waals surface area contributed by atoms with Crippen molar-refractivity contribution in [2.75, 3.05) is 5.32 Å². The number of imidazole rings is 1. The van der Waals surface area contributed by atoms with E-state index in [9.17, 15) is 0 Å². The van der Waals surface area contributed by atoms with Gasteiger partial charge in [-0.3, -0.25) is 0 Å². The molecular weight excluding hydrogens is 206 g/mol. The second-order valence-corrected chi connectivity index (χ2v) is 5.00. The quantitative estimate of drug-likeness (QED) is 0.863. The summed E-state index contributed by atoms with van der Waals surface area (Å²) >= 11 is 1.82. The van der Waals surface area contributed by atoms with E-state index in [1.54, 1.807) is 6.20 Å². The topological polar surface area (TPSA) is 29.9 Å². The van der Waals surface area contributed by atoms with Gasteiger partial charge in [0.05, 0.1) is 6.04 Å². The molecule has 4 heteroatoms. The molecule has 0 aromatic carbocycles. The molecule has 0 spiro atoms. The summed E-state index contributed by atoms with van der Waals surface area (Å²) in [7, 11) is 1.99. The Hall–Kier alpha value is -1.29. The molecule has 2 aromatic rings. The van der Waals surface area contributed by atoms with E-state index in [0.717, 1.165) is 5.95 Å². The van der Waals surface area contributed by atoms with Crippen molar-refractivity contribution in [3.05, 3.63) is 34.3 Å². The predicted octanol–water partition coefficient (Wildman–Crippen LogP) is 2.96. The minimum absolute atomic E-state index is 0.310. The summed E-state index contributed by atoms with van der Waals surface area (Å²) in [5.41, 5.74) is 0. The van der Waals surface area contributed by atoms with Gasteiger partial charge in [0, 0.05) is 29.2 Å². The van der Waals surface area contributed by atoms with E-state index in [2.05, 4.69) is 36.3 Å². The zero-order valence-corrected chi connectivity index (χ0v) is 10.0. The largest absolute Gasteiger partial charge is 0.348 e. The molecule has 0 radical (unpaired) electrons. The van der Waals surface area contributed by atoms with Gasteiger partial charge in [-0.05, 0) is 26.0 Å². The highest BCUT2D eigenvalue weighted by Gasteiger charge is 2.09. The van der Waals surface area contributed by atoms with Crippen molar-refractivity contribution in [3.8, 4) is 0 Å². The van der Waals surface area contributed by atoms with Crippen molar-refractivity contribution in [2.45, 2.75) is 19.9 Å². The minimum Gasteiger partial charge on any atom is -0.348 e. The van der Waals surface area contributed by atoms with Crippen LogP contribution in [0, 0.1) is 6.92 Å². The van der Waals surface area contributed by atoms with Crippen LogP contribution in [0.1, 0.15) is 22.7 Å². The molecule has 0 fully saturated rings. The van der Waals surface area contributed by atoms with Gasteiger partial charge in [0.1, 0.15) is 0 Å². The zero-order chi connectivity index (χ0) is 10.8. The van der Waals surface area contributed by atoms with E-state index in [4.69, 9.17) is 0 Å². The van der Waals surface area contributed by atoms with Crippen molar-refractivity contribution in [1.29, 1.82) is 0 Å². The first kappa shape index (κ1) is 10.2. The standard InChI is InChI=1S/C11H15N3S/c1-8-4-5-10(15-8)9(2)13-11-12-6-7-14(11)3/h4-7,9H,1-3H3,(H,12,13). The van der Waals surface area contributed by atoms with Crippen LogP contribution >= 0.6 is 11.3 Å². The summed E-state index contributed by atoms with van der Waals surface area (Å²) in [6.45, 7) is 4.28. The SMILES string of the molecule is Cc1ccc(C(C)Nc2nccn2C)s1. The highest BCUT2D eigenvalue weighted by Crippen LogP contribution is 2.24. The van der Waals surface area contributed by atoms with Gasteiger partial charge >= 0.3 is 0 Å². The normalized spacial score (nSPS) is 12.7. The highest BCUT2D eigenvalue weighted by atomic mass is 32.1. The van der Waals surface area contributed by atoms with Crippen molar-refractivity contribution in [1.82, 2.24) is 9.55 Å². The third kappa shape index (κ3) is 2.21. The van der Waals surface area contributed by atoms with E-state index in [1.165, 1.54) is 9.75 Å². The maximum Gasteiger partial charge on any atom is 0.203 e. The molecule has 0 saturated heterocycles. The lowest BCUT2D eigenvalue weighted by molar-refractivity contribution is 0.835. The lowest BCUT2D eigenvalue weighted by Crippen LogP contribution is -2.08. The zero-order valence-electron chi connectivity index (χ0n) is 9.19. The predicted molar refractivity (Wildman–Crippen MR) is 64.3 cm³/mol. The van der Waals surface area contributed by atoms with E-state index < -0.39 is 0 Å². The van der Waals surface area contributed by atoms with Gasteiger partial charge in [-0.15, -0.1) is 11.3 Å². The molecule has 3 nitrogen and oxygen atoms in total. The Kier molecular flexibility index (Phi) is 2.77. The van der Waals surface area contributed by atoms with E-state index in [0.29, 0.717) is 6.04 Å². The van der Waals surface area contributed by atoms with E-state index in [1.807, 2.05) is 29.1 Å². The summed E-state index contributed by atoms with van der Waals surface area (Å²) < 4.78 is 1.98. The summed E-state index contributed by atoms with van der Waals surface area (Å²) in [6, 6.07) is 4.63. The molecule has 2 aromatic heterocycles. The number of thiophene rings is 1. The molecule has 0 aliphatic carbocycles. The van der Waals surface area contributed by atoms with Crippen LogP contribution in [0.25, 0.3) is 0 Å². The first-order valence-electron chi connectivity index (χ1n) is 4.97. The average Bonchev–Trinajstić information content (AvgIpc) is 2.77. The maximum absolute atomic E-state index is 4.24. The molecule has 1 unspecified atom stereocenters. The molecular formula is C11H15N3S. The lowest BCUT2D eigenvalue weighted by Gasteiger charge is -2.12. The van der Waals surface area contributed by atoms with E-state index >= 15 is 0 Å². The third-order valence-corrected chi connectivity index (χ3v) is 3.54. The number of hydrogen-bond donors (Lipinski definition) is 1. The molecule has 2 heterocycles. The Morgan fingerprint density at radius 2 is 2.27 bits per heavy atom. The van der Waals surface area contributed by atoms with Gasteiger partial charge in [-0.25, -0.2) is 4.98 Å². The molecule has 0 amide bonds. The second-order valence-electron chi connectivity index (χ2n) is 3.68. The van der Waals surface area contributed by atoms with Crippen LogP contribution in [0.3, 0.4) is 0 Å². The van der Waals surface area contributed by atoms with Crippen LogP contribution < -0.4 is 5.32 Å². The van der Waals surface area contributed by atoms with Gasteiger partial charge in [0.25, 0.3) is 0 Å². The average molecular weight is 221 g/mol. The van der Waals surface area contributed by atoms with Crippen molar-refractivity contribution in [2.24, 2.45) is 7.05 Å². The number of hydrogen-bond acceptors (Lipinski definition) is 3. The van der Waals surface area contributed by atoms with Gasteiger partial charge in [-0.2, -0.15) is 0 Å². The Labute approximate surface area is 93.8 Å². The molecule has 15 heavy (non-hydrogen) atoms. The van der Waals surface area contributed by atoms with Gasteiger partial charge in [0.2, 0.25) is 5.95 Å². The van der Waals surface area contributed by atoms with Crippen LogP contribution in [0.2, 0.25) is 0 Å². The van der Waals surface area contributed by atoms with E-state index in [-0.39, 0.29) is 0 Å². The molecule has 2 rings (SSSR count). The van der Waals surface area contributed by atoms with Gasteiger partial charge in [0.15, 0.2) is 0 Å². The van der Waals surface area contributed by atoms with Crippen LogP contribution in [0.4, 0.5) is 5.95 Å². The molecule has 0 bridgehead atoms. The fourth-order valence-corrected chi connectivity index (χ4v) is 2.34. The van der Waals surface area contributed by atoms with Crippen LogP contribution in [0.5, 0.6) is 0 Å². The first-order chi connectivity index (χ1) is 7.16. The Balaban J connectivity index is 2.10. The summed E-state index contributed by atoms with van der Waals surface area (Å²) in [6.07, 6.45) is 3.74. The fourth-order valence-electron chi connectivity index (χ4n) is 1.46. The Morgan fingerprint density at radius 1 is 1.47 bits per heavy atom. The molecule has 1 atom stereocenters. The molecule has 0 aliphatic heterocycles. The summed E-state index contributed by atoms with van der Waals surface area (Å²) in [4.78, 5) is 6.93. The third-order valence-electron chi connectivity index (χ3n) is 2.35. The lowest BCUT2D eigenvalue weighted by atomic mass is 10.3. The highest BCUT2D eigenvalue weighted by molar-refractivity contribution is 7.12. The van der Waals surface area contributed by atoms with Crippen LogP contribution in [-0.2, 0) is 7.05 Å². The molecule has 0 aliphatic rings. The monoisotopic (exact) mass is 221 g/mol. The number of anilines is 1. The molecule has 80 valence electrons.